The summed E-state index contributed by atoms with van der Waals surface area (Å²) in [5.41, 5.74) is 0. The molecule has 0 aromatic heterocycles. The molecule has 0 unspecified atom stereocenters. The Hall–Kier alpha value is -1.04. The van der Waals surface area contributed by atoms with Crippen LogP contribution in [0.3, 0.4) is 0 Å². The summed E-state index contributed by atoms with van der Waals surface area (Å²) in [5, 5.41) is 0. The molecule has 10 heavy (non-hydrogen) atoms. The normalized spacial score (nSPS) is 27.2. The van der Waals surface area contributed by atoms with E-state index in [1.165, 1.54) is 0 Å². The predicted octanol–water partition coefficient (Wildman–Crippen LogP) is 3.01. The van der Waals surface area contributed by atoms with Gasteiger partial charge >= 0.3 is 0 Å². The van der Waals surface area contributed by atoms with Crippen LogP contribution in [0.5, 0.6) is 0 Å². The third-order valence-corrected chi connectivity index (χ3v) is 1.32. The molecular formula is C10H12. The van der Waals surface area contributed by atoms with Crippen molar-refractivity contribution in [3.8, 4) is 0 Å². The van der Waals surface area contributed by atoms with E-state index in [1.54, 1.807) is 0 Å². The molecule has 0 spiro atoms. The monoisotopic (exact) mass is 132 g/mol. The maximum atomic E-state index is 2.18. The first kappa shape index (κ1) is 7.07. The molecule has 0 nitrogen and oxygen atoms in total. The molecule has 1 aliphatic carbocycles. The molecule has 0 aliphatic heterocycles. The molecule has 0 amide bonds. The minimum absolute atomic E-state index is 1.05. The fourth-order valence-corrected chi connectivity index (χ4v) is 0.792. The zero-order valence-electron chi connectivity index (χ0n) is 6.03. The molecule has 1 rings (SSSR count). The maximum absolute atomic E-state index is 2.18. The highest BCUT2D eigenvalue weighted by molar-refractivity contribution is 5.14. The molecule has 0 heterocycles. The SMILES string of the molecule is C1=CC\C=C/C=C\C=C/C1. The molecular weight excluding hydrogens is 120 g/mol. The van der Waals surface area contributed by atoms with Crippen LogP contribution in [-0.2, 0) is 0 Å². The van der Waals surface area contributed by atoms with Crippen LogP contribution < -0.4 is 0 Å². The van der Waals surface area contributed by atoms with E-state index in [2.05, 4.69) is 48.6 Å². The lowest BCUT2D eigenvalue weighted by molar-refractivity contribution is 1.31. The Bertz CT molecular complexity index is 160. The zero-order valence-corrected chi connectivity index (χ0v) is 6.03. The molecule has 0 aromatic rings. The Morgan fingerprint density at radius 2 is 1.00 bits per heavy atom. The van der Waals surface area contributed by atoms with E-state index < -0.39 is 0 Å². The van der Waals surface area contributed by atoms with E-state index in [0.717, 1.165) is 12.8 Å². The van der Waals surface area contributed by atoms with E-state index in [4.69, 9.17) is 0 Å². The van der Waals surface area contributed by atoms with Gasteiger partial charge < -0.3 is 0 Å². The van der Waals surface area contributed by atoms with Crippen LogP contribution in [0.1, 0.15) is 12.8 Å². The van der Waals surface area contributed by atoms with Crippen molar-refractivity contribution in [1.29, 1.82) is 0 Å². The van der Waals surface area contributed by atoms with E-state index in [0.29, 0.717) is 0 Å². The number of hydrogen-bond donors (Lipinski definition) is 0. The number of hydrogen-bond acceptors (Lipinski definition) is 0. The molecule has 0 bridgehead atoms. The van der Waals surface area contributed by atoms with Crippen LogP contribution in [0.15, 0.2) is 48.6 Å². The van der Waals surface area contributed by atoms with Crippen LogP contribution in [0.4, 0.5) is 0 Å². The van der Waals surface area contributed by atoms with E-state index in [-0.39, 0.29) is 0 Å². The van der Waals surface area contributed by atoms with Crippen LogP contribution in [0.2, 0.25) is 0 Å². The number of rotatable bonds is 0. The van der Waals surface area contributed by atoms with E-state index >= 15 is 0 Å². The van der Waals surface area contributed by atoms with E-state index in [9.17, 15) is 0 Å². The predicted molar refractivity (Wildman–Crippen MR) is 45.8 cm³/mol. The highest BCUT2D eigenvalue weighted by Gasteiger charge is 1.73. The van der Waals surface area contributed by atoms with Crippen LogP contribution in [-0.4, -0.2) is 0 Å². The molecule has 0 atom stereocenters. The van der Waals surface area contributed by atoms with Crippen LogP contribution in [0, 0.1) is 0 Å². The summed E-state index contributed by atoms with van der Waals surface area (Å²) < 4.78 is 0. The number of allylic oxidation sites excluding steroid dienone is 8. The first-order valence-electron chi connectivity index (χ1n) is 3.63. The van der Waals surface area contributed by atoms with Crippen molar-refractivity contribution in [3.05, 3.63) is 48.6 Å². The van der Waals surface area contributed by atoms with Gasteiger partial charge in [0, 0.05) is 0 Å². The van der Waals surface area contributed by atoms with Gasteiger partial charge in [0.15, 0.2) is 0 Å². The second kappa shape index (κ2) is 4.80. The summed E-state index contributed by atoms with van der Waals surface area (Å²) >= 11 is 0. The minimum Gasteiger partial charge on any atom is -0.0844 e. The standard InChI is InChI=1S/C10H12/c1-2-4-6-8-10-9-7-5-3-1/h1-6,9-10H,7-8H2/b2-1-,5-3-,6-4-,10-9?. The fourth-order valence-electron chi connectivity index (χ4n) is 0.792. The van der Waals surface area contributed by atoms with Crippen LogP contribution >= 0.6 is 0 Å². The van der Waals surface area contributed by atoms with Gasteiger partial charge in [-0.05, 0) is 12.8 Å². The molecule has 52 valence electrons. The maximum Gasteiger partial charge on any atom is -0.0166 e. The first-order chi connectivity index (χ1) is 5.00. The van der Waals surface area contributed by atoms with Crippen molar-refractivity contribution in [3.63, 3.8) is 0 Å². The summed E-state index contributed by atoms with van der Waals surface area (Å²) in [7, 11) is 0. The van der Waals surface area contributed by atoms with Gasteiger partial charge in [-0.15, -0.1) is 0 Å². The molecule has 0 radical (unpaired) electrons. The average molecular weight is 132 g/mol. The molecule has 1 aliphatic rings. The second-order valence-electron chi connectivity index (χ2n) is 2.18. The lowest BCUT2D eigenvalue weighted by Crippen LogP contribution is -1.62. The summed E-state index contributed by atoms with van der Waals surface area (Å²) in [6.45, 7) is 0. The van der Waals surface area contributed by atoms with Gasteiger partial charge in [-0.1, -0.05) is 48.6 Å². The average Bonchev–Trinajstić information content (AvgIpc) is 2.01. The topological polar surface area (TPSA) is 0 Å². The van der Waals surface area contributed by atoms with Gasteiger partial charge in [-0.25, -0.2) is 0 Å². The Balaban J connectivity index is 2.51. The largest absolute Gasteiger partial charge is 0.0844 e. The third kappa shape index (κ3) is 3.08. The van der Waals surface area contributed by atoms with Crippen molar-refractivity contribution in [2.45, 2.75) is 12.8 Å². The van der Waals surface area contributed by atoms with Gasteiger partial charge in [0.05, 0.1) is 0 Å². The quantitative estimate of drug-likeness (QED) is 0.444. The first-order valence-corrected chi connectivity index (χ1v) is 3.63. The lowest BCUT2D eigenvalue weighted by atomic mass is 10.2. The van der Waals surface area contributed by atoms with Gasteiger partial charge in [0.1, 0.15) is 0 Å². The van der Waals surface area contributed by atoms with Crippen molar-refractivity contribution in [2.75, 3.05) is 0 Å². The Morgan fingerprint density at radius 3 is 1.50 bits per heavy atom. The van der Waals surface area contributed by atoms with E-state index in [1.807, 2.05) is 0 Å². The highest BCUT2D eigenvalue weighted by atomic mass is 13.8. The van der Waals surface area contributed by atoms with Crippen molar-refractivity contribution in [2.24, 2.45) is 0 Å². The Kier molecular flexibility index (Phi) is 3.40. The zero-order chi connectivity index (χ0) is 7.07. The lowest BCUT2D eigenvalue weighted by Gasteiger charge is -1.84. The van der Waals surface area contributed by atoms with Gasteiger partial charge in [-0.2, -0.15) is 0 Å². The van der Waals surface area contributed by atoms with Gasteiger partial charge in [0.25, 0.3) is 0 Å². The fraction of sp³-hybridized carbons (Fsp3) is 0.200. The molecule has 0 fully saturated rings. The van der Waals surface area contributed by atoms with Gasteiger partial charge in [-0.3, -0.25) is 0 Å². The third-order valence-electron chi connectivity index (χ3n) is 1.32. The summed E-state index contributed by atoms with van der Waals surface area (Å²) in [6.07, 6.45) is 19.0. The molecule has 0 N–H and O–H groups in total. The van der Waals surface area contributed by atoms with Crippen LogP contribution in [0.25, 0.3) is 0 Å². The summed E-state index contributed by atoms with van der Waals surface area (Å²) in [4.78, 5) is 0. The van der Waals surface area contributed by atoms with Gasteiger partial charge in [0.2, 0.25) is 0 Å². The summed E-state index contributed by atoms with van der Waals surface area (Å²) in [5.74, 6) is 0. The molecule has 0 saturated carbocycles. The Morgan fingerprint density at radius 1 is 0.500 bits per heavy atom. The Labute approximate surface area is 62.3 Å². The smallest absolute Gasteiger partial charge is 0.0166 e. The molecule has 0 aromatic carbocycles. The van der Waals surface area contributed by atoms with Crippen molar-refractivity contribution in [1.82, 2.24) is 0 Å². The highest BCUT2D eigenvalue weighted by Crippen LogP contribution is 1.94. The van der Waals surface area contributed by atoms with Crippen molar-refractivity contribution < 1.29 is 0 Å². The summed E-state index contributed by atoms with van der Waals surface area (Å²) in [6, 6.07) is 0. The molecule has 0 saturated heterocycles. The minimum atomic E-state index is 1.05. The second-order valence-corrected chi connectivity index (χ2v) is 2.18. The molecule has 0 heteroatoms. The van der Waals surface area contributed by atoms with Crippen molar-refractivity contribution >= 4 is 0 Å².